The first-order chi connectivity index (χ1) is 18.4. The number of amides is 1. The second-order valence-electron chi connectivity index (χ2n) is 9.85. The Morgan fingerprint density at radius 2 is 1.61 bits per heavy atom. The fourth-order valence-electron chi connectivity index (χ4n) is 4.38. The normalized spacial score (nSPS) is 11.3. The van der Waals surface area contributed by atoms with Crippen LogP contribution in [-0.4, -0.2) is 15.7 Å². The summed E-state index contributed by atoms with van der Waals surface area (Å²) in [5.74, 6) is 1.62. The highest BCUT2D eigenvalue weighted by molar-refractivity contribution is 6.01. The molecule has 5 aromatic rings. The van der Waals surface area contributed by atoms with E-state index in [1.54, 1.807) is 22.9 Å². The molecule has 6 nitrogen and oxygen atoms in total. The smallest absolute Gasteiger partial charge is 0.292 e. The molecule has 0 fully saturated rings. The van der Waals surface area contributed by atoms with E-state index >= 15 is 0 Å². The van der Waals surface area contributed by atoms with E-state index in [-0.39, 0.29) is 23.7 Å². The molecular weight excluding hydrogens is 474 g/mol. The Kier molecular flexibility index (Phi) is 7.13. The van der Waals surface area contributed by atoms with Crippen LogP contribution in [0.5, 0.6) is 5.75 Å². The highest BCUT2D eigenvalue weighted by Gasteiger charge is 2.22. The van der Waals surface area contributed by atoms with Crippen LogP contribution in [0.15, 0.2) is 108 Å². The Hall–Kier alpha value is -4.58. The molecular formula is C32H31N3O3. The first-order valence-corrected chi connectivity index (χ1v) is 12.7. The van der Waals surface area contributed by atoms with Crippen LogP contribution in [-0.2, 0) is 18.6 Å². The number of ether oxygens (including phenoxy) is 1. The van der Waals surface area contributed by atoms with Crippen molar-refractivity contribution in [2.75, 3.05) is 5.32 Å². The predicted molar refractivity (Wildman–Crippen MR) is 149 cm³/mol. The maximum atomic E-state index is 12.7. The van der Waals surface area contributed by atoms with E-state index in [9.17, 15) is 4.79 Å². The molecule has 1 N–H and O–H groups in total. The van der Waals surface area contributed by atoms with E-state index in [4.69, 9.17) is 9.15 Å². The number of carbonyl (C=O) groups excluding carboxylic acids is 1. The zero-order valence-electron chi connectivity index (χ0n) is 21.8. The summed E-state index contributed by atoms with van der Waals surface area (Å²) in [4.78, 5) is 12.7. The van der Waals surface area contributed by atoms with Crippen molar-refractivity contribution >= 4 is 11.7 Å². The predicted octanol–water partition coefficient (Wildman–Crippen LogP) is 6.99. The number of hydrogen-bond acceptors (Lipinski definition) is 4. The van der Waals surface area contributed by atoms with Crippen molar-refractivity contribution in [1.82, 2.24) is 9.78 Å². The van der Waals surface area contributed by atoms with E-state index in [2.05, 4.69) is 79.7 Å². The standard InChI is InChI=1S/C32H31N3O3/c1-23-9-7-8-10-24(23)21-35-20-19-30(34-35)33-31(36)29-18-17-28(38-29)22-37-27-15-13-26(14-16-27)32(2,3)25-11-5-4-6-12-25/h4-20H,21-22H2,1-3H3,(H,33,34,36). The zero-order valence-corrected chi connectivity index (χ0v) is 21.8. The quantitative estimate of drug-likeness (QED) is 0.234. The van der Waals surface area contributed by atoms with Crippen molar-refractivity contribution in [3.63, 3.8) is 0 Å². The monoisotopic (exact) mass is 505 g/mol. The van der Waals surface area contributed by atoms with E-state index in [0.29, 0.717) is 18.1 Å². The van der Waals surface area contributed by atoms with Crippen LogP contribution in [0.3, 0.4) is 0 Å². The van der Waals surface area contributed by atoms with E-state index < -0.39 is 0 Å². The zero-order chi connectivity index (χ0) is 26.5. The van der Waals surface area contributed by atoms with Crippen LogP contribution in [0.25, 0.3) is 0 Å². The van der Waals surface area contributed by atoms with Crippen LogP contribution in [0.4, 0.5) is 5.82 Å². The topological polar surface area (TPSA) is 69.3 Å². The fraction of sp³-hybridized carbons (Fsp3) is 0.188. The highest BCUT2D eigenvalue weighted by atomic mass is 16.5. The van der Waals surface area contributed by atoms with Crippen LogP contribution >= 0.6 is 0 Å². The first kappa shape index (κ1) is 25.1. The number of aryl methyl sites for hydroxylation is 1. The molecule has 38 heavy (non-hydrogen) atoms. The number of aromatic nitrogens is 2. The van der Waals surface area contributed by atoms with Gasteiger partial charge >= 0.3 is 0 Å². The number of nitrogens with one attached hydrogen (secondary N) is 1. The molecule has 1 amide bonds. The number of anilines is 1. The number of rotatable bonds is 9. The molecule has 3 aromatic carbocycles. The minimum atomic E-state index is -0.357. The summed E-state index contributed by atoms with van der Waals surface area (Å²) in [5.41, 5.74) is 4.73. The molecule has 0 aliphatic heterocycles. The van der Waals surface area contributed by atoms with Gasteiger partial charge in [0.1, 0.15) is 18.1 Å². The fourth-order valence-corrected chi connectivity index (χ4v) is 4.38. The van der Waals surface area contributed by atoms with Crippen LogP contribution < -0.4 is 10.1 Å². The molecule has 2 aromatic heterocycles. The molecule has 2 heterocycles. The first-order valence-electron chi connectivity index (χ1n) is 12.7. The molecule has 0 spiro atoms. The summed E-state index contributed by atoms with van der Waals surface area (Å²) < 4.78 is 13.4. The SMILES string of the molecule is Cc1ccccc1Cn1ccc(NC(=O)c2ccc(COc3ccc(C(C)(C)c4ccccc4)cc3)o2)n1. The molecule has 0 saturated carbocycles. The maximum absolute atomic E-state index is 12.7. The summed E-state index contributed by atoms with van der Waals surface area (Å²) in [6, 6.07) is 31.9. The molecule has 5 rings (SSSR count). The lowest BCUT2D eigenvalue weighted by molar-refractivity contribution is 0.0992. The summed E-state index contributed by atoms with van der Waals surface area (Å²) in [6.07, 6.45) is 1.84. The number of benzene rings is 3. The van der Waals surface area contributed by atoms with Gasteiger partial charge in [-0.1, -0.05) is 80.6 Å². The van der Waals surface area contributed by atoms with Crippen LogP contribution in [0, 0.1) is 6.92 Å². The molecule has 0 bridgehead atoms. The minimum Gasteiger partial charge on any atom is -0.486 e. The van der Waals surface area contributed by atoms with Gasteiger partial charge in [0.2, 0.25) is 0 Å². The summed E-state index contributed by atoms with van der Waals surface area (Å²) in [5, 5.41) is 7.25. The van der Waals surface area contributed by atoms with Gasteiger partial charge in [-0.25, -0.2) is 0 Å². The number of furan rings is 1. The van der Waals surface area contributed by atoms with Crippen molar-refractivity contribution in [3.05, 3.63) is 137 Å². The molecule has 6 heteroatoms. The number of carbonyl (C=O) groups is 1. The number of hydrogen-bond donors (Lipinski definition) is 1. The van der Waals surface area contributed by atoms with Crippen molar-refractivity contribution in [3.8, 4) is 5.75 Å². The second-order valence-corrected chi connectivity index (χ2v) is 9.85. The molecule has 192 valence electrons. The van der Waals surface area contributed by atoms with Crippen molar-refractivity contribution in [2.24, 2.45) is 0 Å². The third-order valence-electron chi connectivity index (χ3n) is 6.81. The Balaban J connectivity index is 1.15. The van der Waals surface area contributed by atoms with Gasteiger partial charge in [-0.2, -0.15) is 5.10 Å². The Bertz CT molecular complexity index is 1520. The van der Waals surface area contributed by atoms with Crippen molar-refractivity contribution < 1.29 is 13.9 Å². The molecule has 0 aliphatic carbocycles. The Morgan fingerprint density at radius 3 is 2.37 bits per heavy atom. The van der Waals surface area contributed by atoms with Crippen LogP contribution in [0.1, 0.15) is 52.4 Å². The summed E-state index contributed by atoms with van der Waals surface area (Å²) >= 11 is 0. The van der Waals surface area contributed by atoms with Gasteiger partial charge < -0.3 is 14.5 Å². The minimum absolute atomic E-state index is 0.112. The maximum Gasteiger partial charge on any atom is 0.292 e. The average molecular weight is 506 g/mol. The van der Waals surface area contributed by atoms with Crippen molar-refractivity contribution in [2.45, 2.75) is 39.3 Å². The van der Waals surface area contributed by atoms with Gasteiger partial charge in [-0.05, 0) is 53.4 Å². The van der Waals surface area contributed by atoms with Gasteiger partial charge in [-0.3, -0.25) is 9.48 Å². The molecule has 0 saturated heterocycles. The van der Waals surface area contributed by atoms with E-state index in [1.807, 2.05) is 36.5 Å². The third-order valence-corrected chi connectivity index (χ3v) is 6.81. The Labute approximate surface area is 222 Å². The van der Waals surface area contributed by atoms with E-state index in [0.717, 1.165) is 5.75 Å². The lowest BCUT2D eigenvalue weighted by Crippen LogP contribution is -2.18. The highest BCUT2D eigenvalue weighted by Crippen LogP contribution is 2.32. The summed E-state index contributed by atoms with van der Waals surface area (Å²) in [7, 11) is 0. The second kappa shape index (κ2) is 10.8. The van der Waals surface area contributed by atoms with Gasteiger partial charge in [-0.15, -0.1) is 0 Å². The van der Waals surface area contributed by atoms with Gasteiger partial charge in [0.25, 0.3) is 5.91 Å². The van der Waals surface area contributed by atoms with Gasteiger partial charge in [0, 0.05) is 17.7 Å². The number of nitrogens with zero attached hydrogens (tertiary/aromatic N) is 2. The van der Waals surface area contributed by atoms with Gasteiger partial charge in [0.05, 0.1) is 6.54 Å². The largest absolute Gasteiger partial charge is 0.486 e. The van der Waals surface area contributed by atoms with Crippen LogP contribution in [0.2, 0.25) is 0 Å². The lowest BCUT2D eigenvalue weighted by atomic mass is 9.78. The lowest BCUT2D eigenvalue weighted by Gasteiger charge is -2.26. The molecule has 0 unspecified atom stereocenters. The average Bonchev–Trinajstić information content (AvgIpc) is 3.59. The Morgan fingerprint density at radius 1 is 0.895 bits per heavy atom. The van der Waals surface area contributed by atoms with Gasteiger partial charge in [0.15, 0.2) is 11.6 Å². The van der Waals surface area contributed by atoms with Crippen molar-refractivity contribution in [1.29, 1.82) is 0 Å². The third kappa shape index (κ3) is 5.70. The molecule has 0 atom stereocenters. The molecule has 0 aliphatic rings. The molecule has 0 radical (unpaired) electrons. The summed E-state index contributed by atoms with van der Waals surface area (Å²) in [6.45, 7) is 7.35. The van der Waals surface area contributed by atoms with E-state index in [1.165, 1.54) is 22.3 Å².